The third-order valence-corrected chi connectivity index (χ3v) is 3.19. The van der Waals surface area contributed by atoms with Gasteiger partial charge in [0.25, 0.3) is 0 Å². The minimum Gasteiger partial charge on any atom is -0.314 e. The smallest absolute Gasteiger partial charge is 0.0297 e. The van der Waals surface area contributed by atoms with Crippen molar-refractivity contribution in [2.45, 2.75) is 32.4 Å². The van der Waals surface area contributed by atoms with Gasteiger partial charge in [0.15, 0.2) is 0 Å². The van der Waals surface area contributed by atoms with Crippen LogP contribution in [-0.4, -0.2) is 24.1 Å². The normalized spacial score (nSPS) is 19.9. The highest BCUT2D eigenvalue weighted by atomic mass is 32.2. The number of rotatable bonds is 3. The lowest BCUT2D eigenvalue weighted by Gasteiger charge is -2.27. The van der Waals surface area contributed by atoms with Crippen molar-refractivity contribution in [2.24, 2.45) is 5.41 Å². The molecule has 1 aliphatic heterocycles. The average molecular weight is 173 g/mol. The van der Waals surface area contributed by atoms with Gasteiger partial charge in [0.05, 0.1) is 0 Å². The van der Waals surface area contributed by atoms with E-state index in [9.17, 15) is 0 Å². The predicted molar refractivity (Wildman–Crippen MR) is 53.2 cm³/mol. The Morgan fingerprint density at radius 1 is 1.36 bits per heavy atom. The maximum Gasteiger partial charge on any atom is 0.0297 e. The van der Waals surface area contributed by atoms with Gasteiger partial charge >= 0.3 is 0 Å². The summed E-state index contributed by atoms with van der Waals surface area (Å²) in [6.07, 6.45) is 1.34. The molecular weight excluding hydrogens is 154 g/mol. The lowest BCUT2D eigenvalue weighted by atomic mass is 9.94. The van der Waals surface area contributed by atoms with Crippen LogP contribution in [0.25, 0.3) is 0 Å². The van der Waals surface area contributed by atoms with Crippen LogP contribution < -0.4 is 5.32 Å². The standard InChI is InChI=1S/C9H19NS/c1-9(2,3)4-5-11-8-6-10-7-8/h8,10H,4-7H2,1-3H3. The zero-order valence-electron chi connectivity index (χ0n) is 7.81. The number of nitrogens with one attached hydrogen (secondary N) is 1. The first-order chi connectivity index (χ1) is 5.08. The molecule has 0 saturated carbocycles. The first kappa shape index (κ1) is 9.40. The third kappa shape index (κ3) is 4.02. The van der Waals surface area contributed by atoms with Crippen LogP contribution in [0.15, 0.2) is 0 Å². The highest BCUT2D eigenvalue weighted by molar-refractivity contribution is 8.00. The Hall–Kier alpha value is 0.310. The van der Waals surface area contributed by atoms with Crippen LogP contribution in [0.4, 0.5) is 0 Å². The fourth-order valence-electron chi connectivity index (χ4n) is 0.912. The summed E-state index contributed by atoms with van der Waals surface area (Å²) in [5.74, 6) is 1.33. The third-order valence-electron chi connectivity index (χ3n) is 1.95. The van der Waals surface area contributed by atoms with E-state index >= 15 is 0 Å². The topological polar surface area (TPSA) is 12.0 Å². The molecule has 0 radical (unpaired) electrons. The molecule has 2 heteroatoms. The van der Waals surface area contributed by atoms with Gasteiger partial charge in [-0.1, -0.05) is 20.8 Å². The molecule has 0 aromatic heterocycles. The predicted octanol–water partition coefficient (Wildman–Crippen LogP) is 2.13. The van der Waals surface area contributed by atoms with Crippen LogP contribution in [0, 0.1) is 5.41 Å². The summed E-state index contributed by atoms with van der Waals surface area (Å²) >= 11 is 2.13. The molecule has 66 valence electrons. The van der Waals surface area contributed by atoms with Crippen LogP contribution in [-0.2, 0) is 0 Å². The molecule has 0 aromatic rings. The molecule has 1 saturated heterocycles. The average Bonchev–Trinajstić information content (AvgIpc) is 1.73. The second-order valence-electron chi connectivity index (χ2n) is 4.46. The molecule has 1 nitrogen and oxygen atoms in total. The summed E-state index contributed by atoms with van der Waals surface area (Å²) in [6.45, 7) is 9.40. The van der Waals surface area contributed by atoms with Crippen molar-refractivity contribution >= 4 is 11.8 Å². The van der Waals surface area contributed by atoms with Crippen molar-refractivity contribution < 1.29 is 0 Å². The number of thioether (sulfide) groups is 1. The molecular formula is C9H19NS. The Kier molecular flexibility index (Phi) is 3.26. The van der Waals surface area contributed by atoms with Gasteiger partial charge in [-0.15, -0.1) is 0 Å². The second-order valence-corrected chi connectivity index (χ2v) is 5.87. The van der Waals surface area contributed by atoms with E-state index in [4.69, 9.17) is 0 Å². The van der Waals surface area contributed by atoms with Crippen LogP contribution in [0.2, 0.25) is 0 Å². The van der Waals surface area contributed by atoms with Crippen molar-refractivity contribution in [3.63, 3.8) is 0 Å². The van der Waals surface area contributed by atoms with Gasteiger partial charge in [-0.2, -0.15) is 11.8 Å². The largest absolute Gasteiger partial charge is 0.314 e. The van der Waals surface area contributed by atoms with E-state index in [0.29, 0.717) is 5.41 Å². The van der Waals surface area contributed by atoms with Gasteiger partial charge in [-0.25, -0.2) is 0 Å². The Morgan fingerprint density at radius 3 is 2.36 bits per heavy atom. The fourth-order valence-corrected chi connectivity index (χ4v) is 2.45. The Bertz CT molecular complexity index is 113. The number of hydrogen-bond donors (Lipinski definition) is 1. The van der Waals surface area contributed by atoms with E-state index in [0.717, 1.165) is 5.25 Å². The minimum atomic E-state index is 0.518. The van der Waals surface area contributed by atoms with E-state index in [1.54, 1.807) is 0 Å². The van der Waals surface area contributed by atoms with Gasteiger partial charge in [0, 0.05) is 18.3 Å². The van der Waals surface area contributed by atoms with E-state index in [-0.39, 0.29) is 0 Å². The summed E-state index contributed by atoms with van der Waals surface area (Å²) in [6, 6.07) is 0. The Morgan fingerprint density at radius 2 is 2.00 bits per heavy atom. The van der Waals surface area contributed by atoms with Gasteiger partial charge in [-0.05, 0) is 17.6 Å². The molecule has 0 aliphatic carbocycles. The second kappa shape index (κ2) is 3.81. The van der Waals surface area contributed by atoms with Crippen molar-refractivity contribution in [3.8, 4) is 0 Å². The molecule has 1 N–H and O–H groups in total. The van der Waals surface area contributed by atoms with Crippen LogP contribution in [0.3, 0.4) is 0 Å². The van der Waals surface area contributed by atoms with Crippen LogP contribution >= 0.6 is 11.8 Å². The minimum absolute atomic E-state index is 0.518. The molecule has 0 bridgehead atoms. The van der Waals surface area contributed by atoms with E-state index < -0.39 is 0 Å². The lowest BCUT2D eigenvalue weighted by Crippen LogP contribution is -2.44. The summed E-state index contributed by atoms with van der Waals surface area (Å²) in [7, 11) is 0. The molecule has 0 amide bonds. The van der Waals surface area contributed by atoms with E-state index in [2.05, 4.69) is 37.8 Å². The molecule has 11 heavy (non-hydrogen) atoms. The van der Waals surface area contributed by atoms with Crippen molar-refractivity contribution in [3.05, 3.63) is 0 Å². The molecule has 1 aliphatic rings. The maximum atomic E-state index is 3.29. The Balaban J connectivity index is 1.95. The fraction of sp³-hybridized carbons (Fsp3) is 1.00. The van der Waals surface area contributed by atoms with Crippen molar-refractivity contribution in [1.82, 2.24) is 5.32 Å². The molecule has 1 heterocycles. The molecule has 0 spiro atoms. The van der Waals surface area contributed by atoms with Crippen LogP contribution in [0.5, 0.6) is 0 Å². The monoisotopic (exact) mass is 173 g/mol. The van der Waals surface area contributed by atoms with Gasteiger partial charge in [0.2, 0.25) is 0 Å². The van der Waals surface area contributed by atoms with E-state index in [1.807, 2.05) is 0 Å². The molecule has 0 aromatic carbocycles. The maximum absolute atomic E-state index is 3.29. The first-order valence-electron chi connectivity index (χ1n) is 4.40. The van der Waals surface area contributed by atoms with Crippen LogP contribution in [0.1, 0.15) is 27.2 Å². The zero-order chi connectivity index (χ0) is 8.32. The van der Waals surface area contributed by atoms with Gasteiger partial charge in [-0.3, -0.25) is 0 Å². The van der Waals surface area contributed by atoms with Gasteiger partial charge in [0.1, 0.15) is 0 Å². The summed E-state index contributed by atoms with van der Waals surface area (Å²) in [5.41, 5.74) is 0.518. The Labute approximate surface area is 74.3 Å². The zero-order valence-corrected chi connectivity index (χ0v) is 8.63. The van der Waals surface area contributed by atoms with Crippen molar-refractivity contribution in [2.75, 3.05) is 18.8 Å². The highest BCUT2D eigenvalue weighted by Gasteiger charge is 2.18. The molecule has 1 fully saturated rings. The highest BCUT2D eigenvalue weighted by Crippen LogP contribution is 2.24. The lowest BCUT2D eigenvalue weighted by molar-refractivity contribution is 0.401. The molecule has 0 unspecified atom stereocenters. The number of hydrogen-bond acceptors (Lipinski definition) is 2. The van der Waals surface area contributed by atoms with E-state index in [1.165, 1.54) is 25.3 Å². The van der Waals surface area contributed by atoms with Gasteiger partial charge < -0.3 is 5.32 Å². The quantitative estimate of drug-likeness (QED) is 0.701. The van der Waals surface area contributed by atoms with Crippen molar-refractivity contribution in [1.29, 1.82) is 0 Å². The SMILES string of the molecule is CC(C)(C)CCSC1CNC1. The molecule has 1 rings (SSSR count). The summed E-state index contributed by atoms with van der Waals surface area (Å²) in [5, 5.41) is 4.20. The molecule has 0 atom stereocenters. The summed E-state index contributed by atoms with van der Waals surface area (Å²) < 4.78 is 0. The summed E-state index contributed by atoms with van der Waals surface area (Å²) in [4.78, 5) is 0. The first-order valence-corrected chi connectivity index (χ1v) is 5.45.